The number of rotatable bonds is 11. The number of hydrogen-bond acceptors (Lipinski definition) is 7. The zero-order valence-electron chi connectivity index (χ0n) is 36.3. The first-order chi connectivity index (χ1) is 26.3. The molecule has 1 saturated heterocycles. The highest BCUT2D eigenvalue weighted by atomic mass is 16.5. The lowest BCUT2D eigenvalue weighted by Gasteiger charge is -2.18. The third-order valence-electron chi connectivity index (χ3n) is 11.5. The molecule has 0 aliphatic carbocycles. The number of carbonyl (C=O) groups is 3. The number of esters is 3. The highest BCUT2D eigenvalue weighted by Gasteiger charge is 2.17. The Balaban J connectivity index is 2.61. The molecule has 0 spiro atoms. The Bertz CT molecular complexity index is 822. The van der Waals surface area contributed by atoms with Gasteiger partial charge in [0.1, 0.15) is 6.10 Å². The average Bonchev–Trinajstić information content (AvgIpc) is 3.14. The predicted molar refractivity (Wildman–Crippen MR) is 226 cm³/mol. The van der Waals surface area contributed by atoms with Gasteiger partial charge in [0, 0.05) is 19.3 Å². The average molecular weight is 764 g/mol. The van der Waals surface area contributed by atoms with Crippen LogP contribution in [0.1, 0.15) is 232 Å². The molecule has 0 aromatic rings. The van der Waals surface area contributed by atoms with E-state index in [1.807, 2.05) is 14.1 Å². The minimum absolute atomic E-state index is 0.00739. The molecule has 0 aromatic heterocycles. The molecule has 0 saturated carbocycles. The molecule has 7 heteroatoms. The van der Waals surface area contributed by atoms with Crippen molar-refractivity contribution in [2.45, 2.75) is 238 Å². The molecule has 7 nitrogen and oxygen atoms in total. The number of unbranched alkanes of at least 4 members (excludes halogenated alkanes) is 2. The summed E-state index contributed by atoms with van der Waals surface area (Å²) in [5.74, 6) is 0.828. The van der Waals surface area contributed by atoms with Crippen molar-refractivity contribution >= 4 is 17.9 Å². The van der Waals surface area contributed by atoms with E-state index in [0.717, 1.165) is 90.0 Å². The fourth-order valence-corrected chi connectivity index (χ4v) is 7.98. The van der Waals surface area contributed by atoms with E-state index in [1.165, 1.54) is 116 Å². The lowest BCUT2D eigenvalue weighted by atomic mass is 9.90. The molecule has 0 radical (unpaired) electrons. The second-order valence-electron chi connectivity index (χ2n) is 17.1. The molecule has 1 aliphatic heterocycles. The molecular weight excluding hydrogens is 675 g/mol. The molecule has 1 rings (SSSR count). The summed E-state index contributed by atoms with van der Waals surface area (Å²) in [5.41, 5.74) is 0. The van der Waals surface area contributed by atoms with Crippen molar-refractivity contribution in [2.24, 2.45) is 11.8 Å². The number of cyclic esters (lactones) is 2. The maximum Gasteiger partial charge on any atom is 0.306 e. The quantitative estimate of drug-likeness (QED) is 0.153. The Morgan fingerprint density at radius 2 is 0.926 bits per heavy atom. The fraction of sp³-hybridized carbons (Fsp3) is 0.936. The van der Waals surface area contributed by atoms with Gasteiger partial charge in [0.15, 0.2) is 0 Å². The minimum atomic E-state index is -0.0320. The second-order valence-corrected chi connectivity index (χ2v) is 17.1. The van der Waals surface area contributed by atoms with Crippen molar-refractivity contribution in [1.29, 1.82) is 0 Å². The maximum atomic E-state index is 12.7. The summed E-state index contributed by atoms with van der Waals surface area (Å²) in [6.07, 6.45) is 37.1. The highest BCUT2D eigenvalue weighted by Crippen LogP contribution is 2.25. The van der Waals surface area contributed by atoms with Gasteiger partial charge in [-0.25, -0.2) is 0 Å². The second kappa shape index (κ2) is 37.0. The lowest BCUT2D eigenvalue weighted by Crippen LogP contribution is -2.20. The van der Waals surface area contributed by atoms with E-state index in [9.17, 15) is 14.4 Å². The summed E-state index contributed by atoms with van der Waals surface area (Å²) in [4.78, 5) is 40.1. The summed E-state index contributed by atoms with van der Waals surface area (Å²) in [6.45, 7) is 6.48. The van der Waals surface area contributed by atoms with Crippen LogP contribution in [0.5, 0.6) is 0 Å². The van der Waals surface area contributed by atoms with Gasteiger partial charge in [0.05, 0.1) is 13.2 Å². The van der Waals surface area contributed by atoms with Gasteiger partial charge < -0.3 is 19.1 Å². The van der Waals surface area contributed by atoms with E-state index < -0.39 is 0 Å². The first-order valence-electron chi connectivity index (χ1n) is 23.5. The molecule has 0 bridgehead atoms. The molecule has 0 aromatic carbocycles. The first-order valence-corrected chi connectivity index (χ1v) is 23.5. The highest BCUT2D eigenvalue weighted by molar-refractivity contribution is 5.70. The summed E-state index contributed by atoms with van der Waals surface area (Å²) < 4.78 is 17.4. The van der Waals surface area contributed by atoms with Gasteiger partial charge >= 0.3 is 17.9 Å². The van der Waals surface area contributed by atoms with Crippen LogP contribution in [0.3, 0.4) is 0 Å². The monoisotopic (exact) mass is 764 g/mol. The van der Waals surface area contributed by atoms with E-state index >= 15 is 0 Å². The Morgan fingerprint density at radius 3 is 1.31 bits per heavy atom. The van der Waals surface area contributed by atoms with Crippen LogP contribution in [0.2, 0.25) is 0 Å². The minimum Gasteiger partial charge on any atom is -0.466 e. The molecule has 54 heavy (non-hydrogen) atoms. The molecule has 1 fully saturated rings. The van der Waals surface area contributed by atoms with Crippen LogP contribution in [-0.2, 0) is 28.6 Å². The zero-order valence-corrected chi connectivity index (χ0v) is 36.3. The molecular formula is C47H89NO6. The van der Waals surface area contributed by atoms with Gasteiger partial charge in [-0.1, -0.05) is 142 Å². The maximum absolute atomic E-state index is 12.7. The molecule has 1 aliphatic rings. The standard InChI is InChI=1S/C47H89NO6/c1-5-7-30-42-32-23-19-20-24-33-43(31-8-6-2)41-47(51)53-39-28-22-16-12-10-14-18-26-35-44(54-45(49)36-29-37-48(3)4)34-25-17-13-9-11-15-21-27-38-52-46(50)40-42/h42-44H,5-41H2,1-4H3. The third-order valence-corrected chi connectivity index (χ3v) is 11.5. The van der Waals surface area contributed by atoms with Crippen molar-refractivity contribution in [3.8, 4) is 0 Å². The Labute approximate surface area is 334 Å². The summed E-state index contributed by atoms with van der Waals surface area (Å²) in [6, 6.07) is 0. The van der Waals surface area contributed by atoms with Crippen molar-refractivity contribution in [3.05, 3.63) is 0 Å². The smallest absolute Gasteiger partial charge is 0.306 e. The van der Waals surface area contributed by atoms with Crippen LogP contribution in [-0.4, -0.2) is 62.8 Å². The molecule has 2 unspecified atom stereocenters. The molecule has 0 amide bonds. The van der Waals surface area contributed by atoms with Crippen LogP contribution >= 0.6 is 0 Å². The normalized spacial score (nSPS) is 23.7. The predicted octanol–water partition coefficient (Wildman–Crippen LogP) is 13.1. The van der Waals surface area contributed by atoms with Crippen LogP contribution in [0.25, 0.3) is 0 Å². The van der Waals surface area contributed by atoms with Crippen LogP contribution in [0.15, 0.2) is 0 Å². The zero-order chi connectivity index (χ0) is 39.3. The van der Waals surface area contributed by atoms with Crippen molar-refractivity contribution in [1.82, 2.24) is 4.90 Å². The fourth-order valence-electron chi connectivity index (χ4n) is 7.98. The van der Waals surface area contributed by atoms with Crippen molar-refractivity contribution in [2.75, 3.05) is 33.9 Å². The third kappa shape index (κ3) is 32.6. The van der Waals surface area contributed by atoms with Crippen LogP contribution in [0, 0.1) is 11.8 Å². The largest absolute Gasteiger partial charge is 0.466 e. The Morgan fingerprint density at radius 1 is 0.556 bits per heavy atom. The van der Waals surface area contributed by atoms with Crippen molar-refractivity contribution < 1.29 is 28.6 Å². The van der Waals surface area contributed by atoms with E-state index in [2.05, 4.69) is 18.7 Å². The van der Waals surface area contributed by atoms with Gasteiger partial charge in [0.25, 0.3) is 0 Å². The van der Waals surface area contributed by atoms with Crippen LogP contribution in [0.4, 0.5) is 0 Å². The summed E-state index contributed by atoms with van der Waals surface area (Å²) in [7, 11) is 4.09. The summed E-state index contributed by atoms with van der Waals surface area (Å²) >= 11 is 0. The lowest BCUT2D eigenvalue weighted by molar-refractivity contribution is -0.150. The van der Waals surface area contributed by atoms with Gasteiger partial charge in [-0.2, -0.15) is 0 Å². The Kier molecular flexibility index (Phi) is 34.5. The van der Waals surface area contributed by atoms with E-state index in [4.69, 9.17) is 14.2 Å². The molecule has 1 heterocycles. The number of nitrogens with zero attached hydrogens (tertiary/aromatic N) is 1. The van der Waals surface area contributed by atoms with Gasteiger partial charge in [-0.3, -0.25) is 14.4 Å². The van der Waals surface area contributed by atoms with Gasteiger partial charge in [-0.05, 0) is 103 Å². The molecule has 2 atom stereocenters. The van der Waals surface area contributed by atoms with Gasteiger partial charge in [-0.15, -0.1) is 0 Å². The van der Waals surface area contributed by atoms with E-state index in [1.54, 1.807) is 0 Å². The van der Waals surface area contributed by atoms with E-state index in [0.29, 0.717) is 44.3 Å². The topological polar surface area (TPSA) is 82.1 Å². The van der Waals surface area contributed by atoms with Crippen molar-refractivity contribution in [3.63, 3.8) is 0 Å². The molecule has 318 valence electrons. The molecule has 0 N–H and O–H groups in total. The number of carbonyl (C=O) groups excluding carboxylic acids is 3. The Hall–Kier alpha value is -1.63. The van der Waals surface area contributed by atoms with Gasteiger partial charge in [0.2, 0.25) is 0 Å². The van der Waals surface area contributed by atoms with E-state index in [-0.39, 0.29) is 24.0 Å². The number of hydrogen-bond donors (Lipinski definition) is 0. The van der Waals surface area contributed by atoms with Crippen LogP contribution < -0.4 is 0 Å². The SMILES string of the molecule is CCCCC1CCCCCCC(CCCC)CC(=O)OCCCCCCCCCCC(OC(=O)CCCN(C)C)CCCCCCCCCCOC(=O)C1. The summed E-state index contributed by atoms with van der Waals surface area (Å²) in [5, 5.41) is 0. The number of ether oxygens (including phenoxy) is 3. The first kappa shape index (κ1) is 50.4.